The van der Waals surface area contributed by atoms with Crippen molar-refractivity contribution < 1.29 is 0 Å². The van der Waals surface area contributed by atoms with Crippen molar-refractivity contribution in [2.75, 3.05) is 12.4 Å². The van der Waals surface area contributed by atoms with E-state index in [-0.39, 0.29) is 0 Å². The Morgan fingerprint density at radius 3 is 2.47 bits per heavy atom. The lowest BCUT2D eigenvalue weighted by atomic mass is 9.87. The van der Waals surface area contributed by atoms with Crippen LogP contribution < -0.4 is 5.32 Å². The molecular formula is C18H27N. The number of hydrogen-bond donors (Lipinski definition) is 1. The lowest BCUT2D eigenvalue weighted by molar-refractivity contribution is 0.707. The van der Waals surface area contributed by atoms with Gasteiger partial charge in [0.05, 0.1) is 0 Å². The fourth-order valence-electron chi connectivity index (χ4n) is 2.31. The average Bonchev–Trinajstić information content (AvgIpc) is 2.39. The summed E-state index contributed by atoms with van der Waals surface area (Å²) in [5.74, 6) is 0.510. The summed E-state index contributed by atoms with van der Waals surface area (Å²) in [6.07, 6.45) is 3.28. The Bertz CT molecular complexity index is 495. The molecule has 0 saturated carbocycles. The molecule has 0 aliphatic rings. The minimum atomic E-state index is 0.510. The fraction of sp³-hybridized carbons (Fsp3) is 0.444. The smallest absolute Gasteiger partial charge is 0.0416 e. The third kappa shape index (κ3) is 3.50. The first-order valence-corrected chi connectivity index (χ1v) is 7.01. The maximum Gasteiger partial charge on any atom is 0.0416 e. The summed E-state index contributed by atoms with van der Waals surface area (Å²) < 4.78 is 0. The van der Waals surface area contributed by atoms with Gasteiger partial charge in [-0.2, -0.15) is 0 Å². The molecule has 1 nitrogen and oxygen atoms in total. The summed E-state index contributed by atoms with van der Waals surface area (Å²) in [6, 6.07) is 4.35. The second kappa shape index (κ2) is 6.60. The zero-order chi connectivity index (χ0) is 14.6. The van der Waals surface area contributed by atoms with Crippen LogP contribution in [0.4, 0.5) is 5.69 Å². The Labute approximate surface area is 118 Å². The van der Waals surface area contributed by atoms with Gasteiger partial charge in [0.1, 0.15) is 0 Å². The Hall–Kier alpha value is -1.50. The topological polar surface area (TPSA) is 12.0 Å². The maximum atomic E-state index is 4.08. The molecule has 1 rings (SSSR count). The molecular weight excluding hydrogens is 230 g/mol. The van der Waals surface area contributed by atoms with Crippen LogP contribution in [-0.4, -0.2) is 7.05 Å². The standard InChI is InChI=1S/C18H27N/c1-8-16(11-14(5)12(2)3)18-15(6)13(4)9-10-17(18)19-7/h8-10,14,19H,2,11H2,1,3-7H3/b16-8-. The van der Waals surface area contributed by atoms with E-state index in [9.17, 15) is 0 Å². The van der Waals surface area contributed by atoms with E-state index in [1.807, 2.05) is 7.05 Å². The van der Waals surface area contributed by atoms with E-state index < -0.39 is 0 Å². The van der Waals surface area contributed by atoms with Crippen molar-refractivity contribution in [3.63, 3.8) is 0 Å². The van der Waals surface area contributed by atoms with Crippen LogP contribution in [0.3, 0.4) is 0 Å². The lowest BCUT2D eigenvalue weighted by Crippen LogP contribution is -2.03. The van der Waals surface area contributed by atoms with Gasteiger partial charge in [0.25, 0.3) is 0 Å². The van der Waals surface area contributed by atoms with Crippen molar-refractivity contribution in [2.24, 2.45) is 5.92 Å². The summed E-state index contributed by atoms with van der Waals surface area (Å²) in [5.41, 5.74) is 7.94. The summed E-state index contributed by atoms with van der Waals surface area (Å²) in [5, 5.41) is 3.32. The third-order valence-corrected chi connectivity index (χ3v) is 4.04. The Kier molecular flexibility index (Phi) is 5.41. The van der Waals surface area contributed by atoms with E-state index in [2.05, 4.69) is 64.7 Å². The zero-order valence-electron chi connectivity index (χ0n) is 13.2. The molecule has 1 atom stereocenters. The van der Waals surface area contributed by atoms with Gasteiger partial charge in [0.2, 0.25) is 0 Å². The Balaban J connectivity index is 3.26. The highest BCUT2D eigenvalue weighted by atomic mass is 14.8. The Morgan fingerprint density at radius 1 is 1.37 bits per heavy atom. The Morgan fingerprint density at radius 2 is 2.00 bits per heavy atom. The molecule has 1 heteroatoms. The normalized spacial score (nSPS) is 13.3. The largest absolute Gasteiger partial charge is 0.388 e. The van der Waals surface area contributed by atoms with Crippen molar-refractivity contribution in [2.45, 2.75) is 41.0 Å². The van der Waals surface area contributed by atoms with Crippen molar-refractivity contribution in [3.05, 3.63) is 47.1 Å². The van der Waals surface area contributed by atoms with Crippen LogP contribution in [0.2, 0.25) is 0 Å². The summed E-state index contributed by atoms with van der Waals surface area (Å²) in [4.78, 5) is 0. The van der Waals surface area contributed by atoms with Crippen LogP contribution in [0.5, 0.6) is 0 Å². The molecule has 1 aromatic carbocycles. The number of allylic oxidation sites excluding steroid dienone is 3. The van der Waals surface area contributed by atoms with E-state index in [0.29, 0.717) is 5.92 Å². The first-order valence-electron chi connectivity index (χ1n) is 7.01. The van der Waals surface area contributed by atoms with Crippen molar-refractivity contribution >= 4 is 11.3 Å². The zero-order valence-corrected chi connectivity index (χ0v) is 13.2. The number of benzene rings is 1. The van der Waals surface area contributed by atoms with E-state index in [4.69, 9.17) is 0 Å². The average molecular weight is 257 g/mol. The number of aryl methyl sites for hydroxylation is 1. The molecule has 0 aromatic heterocycles. The van der Waals surface area contributed by atoms with Gasteiger partial charge in [0, 0.05) is 18.3 Å². The highest BCUT2D eigenvalue weighted by Crippen LogP contribution is 2.34. The number of anilines is 1. The third-order valence-electron chi connectivity index (χ3n) is 4.04. The quantitative estimate of drug-likeness (QED) is 0.701. The monoisotopic (exact) mass is 257 g/mol. The van der Waals surface area contributed by atoms with Crippen molar-refractivity contribution in [3.8, 4) is 0 Å². The van der Waals surface area contributed by atoms with Crippen LogP contribution >= 0.6 is 0 Å². The number of nitrogens with one attached hydrogen (secondary N) is 1. The minimum Gasteiger partial charge on any atom is -0.388 e. The molecule has 0 amide bonds. The van der Waals surface area contributed by atoms with E-state index in [1.54, 1.807) is 0 Å². The molecule has 0 spiro atoms. The molecule has 0 saturated heterocycles. The molecule has 1 N–H and O–H groups in total. The fourth-order valence-corrected chi connectivity index (χ4v) is 2.31. The molecule has 0 heterocycles. The molecule has 0 radical (unpaired) electrons. The summed E-state index contributed by atoms with van der Waals surface area (Å²) in [7, 11) is 1.99. The summed E-state index contributed by atoms with van der Waals surface area (Å²) >= 11 is 0. The van der Waals surface area contributed by atoms with E-state index in [1.165, 1.54) is 33.5 Å². The molecule has 1 aromatic rings. The number of hydrogen-bond acceptors (Lipinski definition) is 1. The van der Waals surface area contributed by atoms with E-state index >= 15 is 0 Å². The molecule has 1 unspecified atom stereocenters. The van der Waals surface area contributed by atoms with Crippen LogP contribution in [0.25, 0.3) is 5.57 Å². The number of rotatable bonds is 5. The highest BCUT2D eigenvalue weighted by Gasteiger charge is 2.14. The molecule has 0 aliphatic heterocycles. The molecule has 0 bridgehead atoms. The first-order chi connectivity index (χ1) is 8.92. The molecule has 0 aliphatic carbocycles. The van der Waals surface area contributed by atoms with Gasteiger partial charge in [0.15, 0.2) is 0 Å². The van der Waals surface area contributed by atoms with Gasteiger partial charge in [-0.05, 0) is 62.8 Å². The van der Waals surface area contributed by atoms with Crippen LogP contribution in [0.15, 0.2) is 30.4 Å². The van der Waals surface area contributed by atoms with Gasteiger partial charge in [-0.15, -0.1) is 0 Å². The predicted octanol–water partition coefficient (Wildman–Crippen LogP) is 5.35. The minimum absolute atomic E-state index is 0.510. The SMILES string of the molecule is C=C(C)C(C)C/C(=C/C)c1c(NC)ccc(C)c1C. The van der Waals surface area contributed by atoms with E-state index in [0.717, 1.165) is 6.42 Å². The lowest BCUT2D eigenvalue weighted by Gasteiger charge is -2.20. The second-order valence-electron chi connectivity index (χ2n) is 5.45. The van der Waals surface area contributed by atoms with Gasteiger partial charge in [-0.25, -0.2) is 0 Å². The van der Waals surface area contributed by atoms with Gasteiger partial charge in [-0.1, -0.05) is 31.2 Å². The van der Waals surface area contributed by atoms with Gasteiger partial charge >= 0.3 is 0 Å². The molecule has 0 fully saturated rings. The first kappa shape index (κ1) is 15.6. The van der Waals surface area contributed by atoms with Crippen molar-refractivity contribution in [1.82, 2.24) is 0 Å². The van der Waals surface area contributed by atoms with Crippen LogP contribution in [0.1, 0.15) is 43.9 Å². The maximum absolute atomic E-state index is 4.08. The predicted molar refractivity (Wildman–Crippen MR) is 87.7 cm³/mol. The van der Waals surface area contributed by atoms with Gasteiger partial charge < -0.3 is 5.32 Å². The highest BCUT2D eigenvalue weighted by molar-refractivity contribution is 5.79. The van der Waals surface area contributed by atoms with Crippen LogP contribution in [-0.2, 0) is 0 Å². The van der Waals surface area contributed by atoms with Gasteiger partial charge in [-0.3, -0.25) is 0 Å². The van der Waals surface area contributed by atoms with Crippen LogP contribution in [0, 0.1) is 19.8 Å². The second-order valence-corrected chi connectivity index (χ2v) is 5.45. The molecule has 19 heavy (non-hydrogen) atoms. The molecule has 104 valence electrons. The summed E-state index contributed by atoms with van der Waals surface area (Å²) in [6.45, 7) is 14.9. The van der Waals surface area contributed by atoms with Crippen molar-refractivity contribution in [1.29, 1.82) is 0 Å².